The van der Waals surface area contributed by atoms with Gasteiger partial charge in [-0.25, -0.2) is 9.37 Å². The molecule has 4 rings (SSSR count). The zero-order chi connectivity index (χ0) is 18.1. The number of aryl methyl sites for hydroxylation is 1. The fraction of sp³-hybridized carbons (Fsp3) is 0.421. The van der Waals surface area contributed by atoms with Crippen molar-refractivity contribution in [3.05, 3.63) is 46.2 Å². The van der Waals surface area contributed by atoms with Crippen molar-refractivity contribution in [1.82, 2.24) is 4.98 Å². The van der Waals surface area contributed by atoms with Gasteiger partial charge in [-0.05, 0) is 43.4 Å². The molecule has 1 saturated heterocycles. The van der Waals surface area contributed by atoms with Crippen LogP contribution in [-0.4, -0.2) is 29.9 Å². The maximum Gasteiger partial charge on any atom is 0.236 e. The topological polar surface area (TPSA) is 68.3 Å². The predicted molar refractivity (Wildman–Crippen MR) is 96.1 cm³/mol. The first-order valence-corrected chi connectivity index (χ1v) is 9.58. The van der Waals surface area contributed by atoms with Gasteiger partial charge in [-0.3, -0.25) is 9.59 Å². The molecule has 1 fully saturated rings. The summed E-state index contributed by atoms with van der Waals surface area (Å²) in [7, 11) is 0. The molecular formula is C19H19FN2O3S. The van der Waals surface area contributed by atoms with Gasteiger partial charge < -0.3 is 10.1 Å². The summed E-state index contributed by atoms with van der Waals surface area (Å²) < 4.78 is 18.8. The van der Waals surface area contributed by atoms with E-state index in [0.717, 1.165) is 24.1 Å². The monoisotopic (exact) mass is 374 g/mol. The second kappa shape index (κ2) is 6.89. The summed E-state index contributed by atoms with van der Waals surface area (Å²) in [6, 6.07) is 6.08. The van der Waals surface area contributed by atoms with Crippen LogP contribution in [0.15, 0.2) is 24.3 Å². The van der Waals surface area contributed by atoms with E-state index in [1.807, 2.05) is 0 Å². The van der Waals surface area contributed by atoms with E-state index >= 15 is 0 Å². The van der Waals surface area contributed by atoms with E-state index in [4.69, 9.17) is 4.74 Å². The lowest BCUT2D eigenvalue weighted by molar-refractivity contribution is -0.125. The van der Waals surface area contributed by atoms with Gasteiger partial charge in [-0.15, -0.1) is 0 Å². The van der Waals surface area contributed by atoms with Crippen LogP contribution in [0.2, 0.25) is 0 Å². The molecule has 1 amide bonds. The zero-order valence-corrected chi connectivity index (χ0v) is 15.0. The Morgan fingerprint density at radius 1 is 1.19 bits per heavy atom. The van der Waals surface area contributed by atoms with Crippen molar-refractivity contribution in [2.45, 2.75) is 37.5 Å². The van der Waals surface area contributed by atoms with Crippen LogP contribution < -0.4 is 5.32 Å². The van der Waals surface area contributed by atoms with E-state index in [1.165, 1.54) is 23.5 Å². The molecule has 0 atom stereocenters. The highest BCUT2D eigenvalue weighted by Gasteiger charge is 2.42. The molecule has 5 nitrogen and oxygen atoms in total. The first-order valence-electron chi connectivity index (χ1n) is 8.77. The smallest absolute Gasteiger partial charge is 0.236 e. The van der Waals surface area contributed by atoms with Gasteiger partial charge in [0.2, 0.25) is 5.91 Å². The van der Waals surface area contributed by atoms with Crippen LogP contribution in [0.1, 0.15) is 46.6 Å². The molecule has 1 N–H and O–H groups in total. The summed E-state index contributed by atoms with van der Waals surface area (Å²) in [5.41, 5.74) is 0.781. The molecule has 1 aliphatic carbocycles. The van der Waals surface area contributed by atoms with Crippen molar-refractivity contribution in [1.29, 1.82) is 0 Å². The lowest BCUT2D eigenvalue weighted by Gasteiger charge is -2.36. The van der Waals surface area contributed by atoms with E-state index in [9.17, 15) is 14.0 Å². The SMILES string of the molecule is O=C1CCCc2nc(NC(=O)C3(c4ccc(F)cc4)CCOCC3)sc21. The Morgan fingerprint density at radius 2 is 1.92 bits per heavy atom. The van der Waals surface area contributed by atoms with Gasteiger partial charge in [-0.1, -0.05) is 23.5 Å². The Morgan fingerprint density at radius 3 is 2.62 bits per heavy atom. The molecule has 1 aliphatic heterocycles. The van der Waals surface area contributed by atoms with Crippen molar-refractivity contribution in [3.8, 4) is 0 Å². The predicted octanol–water partition coefficient (Wildman–Crippen LogP) is 3.49. The first-order chi connectivity index (χ1) is 12.6. The number of ether oxygens (including phenoxy) is 1. The van der Waals surface area contributed by atoms with Gasteiger partial charge in [0.15, 0.2) is 10.9 Å². The Hall–Kier alpha value is -2.12. The van der Waals surface area contributed by atoms with Crippen molar-refractivity contribution in [2.75, 3.05) is 18.5 Å². The average molecular weight is 374 g/mol. The molecule has 1 aromatic carbocycles. The van der Waals surface area contributed by atoms with E-state index < -0.39 is 5.41 Å². The van der Waals surface area contributed by atoms with Crippen LogP contribution in [0.3, 0.4) is 0 Å². The van der Waals surface area contributed by atoms with Crippen LogP contribution >= 0.6 is 11.3 Å². The van der Waals surface area contributed by atoms with Gasteiger partial charge in [0.25, 0.3) is 0 Å². The molecule has 7 heteroatoms. The second-order valence-corrected chi connectivity index (χ2v) is 7.73. The van der Waals surface area contributed by atoms with Crippen molar-refractivity contribution < 1.29 is 18.7 Å². The maximum absolute atomic E-state index is 13.3. The second-order valence-electron chi connectivity index (χ2n) is 6.73. The number of benzene rings is 1. The van der Waals surface area contributed by atoms with Gasteiger partial charge >= 0.3 is 0 Å². The van der Waals surface area contributed by atoms with Crippen LogP contribution in [0.4, 0.5) is 9.52 Å². The summed E-state index contributed by atoms with van der Waals surface area (Å²) in [6.07, 6.45) is 3.16. The normalized spacial score (nSPS) is 19.0. The standard InChI is InChI=1S/C19H19FN2O3S/c20-13-6-4-12(5-7-13)19(8-10-25-11-9-19)17(24)22-18-21-14-2-1-3-15(23)16(14)26-18/h4-7H,1-3,8-11H2,(H,21,22,24). The number of carbonyl (C=O) groups is 2. The molecule has 0 spiro atoms. The van der Waals surface area contributed by atoms with Crippen LogP contribution in [-0.2, 0) is 21.4 Å². The van der Waals surface area contributed by atoms with Gasteiger partial charge in [0.05, 0.1) is 16.0 Å². The van der Waals surface area contributed by atoms with E-state index in [-0.39, 0.29) is 17.5 Å². The van der Waals surface area contributed by atoms with E-state index in [0.29, 0.717) is 42.5 Å². The summed E-state index contributed by atoms with van der Waals surface area (Å²) in [5.74, 6) is -0.406. The molecule has 2 heterocycles. The third-order valence-corrected chi connectivity index (χ3v) is 6.22. The number of Topliss-reactive ketones (excluding diaryl/α,β-unsaturated/α-hetero) is 1. The third-order valence-electron chi connectivity index (χ3n) is 5.17. The number of hydrogen-bond acceptors (Lipinski definition) is 5. The van der Waals surface area contributed by atoms with Gasteiger partial charge in [0.1, 0.15) is 5.82 Å². The van der Waals surface area contributed by atoms with Crippen molar-refractivity contribution in [2.24, 2.45) is 0 Å². The minimum absolute atomic E-state index is 0.101. The number of fused-ring (bicyclic) bond motifs is 1. The number of halogens is 1. The number of anilines is 1. The minimum atomic E-state index is -0.776. The van der Waals surface area contributed by atoms with Crippen LogP contribution in [0, 0.1) is 5.82 Å². The molecule has 1 aromatic heterocycles. The number of nitrogens with one attached hydrogen (secondary N) is 1. The number of thiazole rings is 1. The van der Waals surface area contributed by atoms with Crippen molar-refractivity contribution in [3.63, 3.8) is 0 Å². The molecule has 26 heavy (non-hydrogen) atoms. The number of rotatable bonds is 3. The Bertz CT molecular complexity index is 841. The lowest BCUT2D eigenvalue weighted by atomic mass is 9.73. The molecule has 2 aliphatic rings. The highest BCUT2D eigenvalue weighted by atomic mass is 32.1. The molecule has 0 saturated carbocycles. The summed E-state index contributed by atoms with van der Waals surface area (Å²) >= 11 is 1.25. The molecule has 2 aromatic rings. The molecular weight excluding hydrogens is 355 g/mol. The fourth-order valence-electron chi connectivity index (χ4n) is 3.67. The Balaban J connectivity index is 1.63. The largest absolute Gasteiger partial charge is 0.381 e. The molecule has 0 bridgehead atoms. The molecule has 0 unspecified atom stereocenters. The highest BCUT2D eigenvalue weighted by Crippen LogP contribution is 2.37. The average Bonchev–Trinajstić information content (AvgIpc) is 3.07. The van der Waals surface area contributed by atoms with Crippen molar-refractivity contribution >= 4 is 28.2 Å². The number of carbonyl (C=O) groups excluding carboxylic acids is 2. The van der Waals surface area contributed by atoms with Gasteiger partial charge in [-0.2, -0.15) is 0 Å². The first kappa shape index (κ1) is 17.3. The Kier molecular flexibility index (Phi) is 4.58. The summed E-state index contributed by atoms with van der Waals surface area (Å²) in [6.45, 7) is 0.940. The fourth-order valence-corrected chi connectivity index (χ4v) is 4.65. The molecule has 136 valence electrons. The van der Waals surface area contributed by atoms with Gasteiger partial charge in [0, 0.05) is 19.6 Å². The summed E-state index contributed by atoms with van der Waals surface area (Å²) in [5, 5.41) is 3.37. The number of amides is 1. The van der Waals surface area contributed by atoms with Crippen LogP contribution in [0.25, 0.3) is 0 Å². The zero-order valence-electron chi connectivity index (χ0n) is 14.2. The Labute approximate surface area is 154 Å². The number of ketones is 1. The number of hydrogen-bond donors (Lipinski definition) is 1. The van der Waals surface area contributed by atoms with Crippen LogP contribution in [0.5, 0.6) is 0 Å². The quantitative estimate of drug-likeness (QED) is 0.893. The van der Waals surface area contributed by atoms with E-state index in [2.05, 4.69) is 10.3 Å². The number of aromatic nitrogens is 1. The highest BCUT2D eigenvalue weighted by molar-refractivity contribution is 7.17. The number of nitrogens with zero attached hydrogens (tertiary/aromatic N) is 1. The lowest BCUT2D eigenvalue weighted by Crippen LogP contribution is -2.44. The maximum atomic E-state index is 13.3. The third kappa shape index (κ3) is 3.05. The molecule has 0 radical (unpaired) electrons. The summed E-state index contributed by atoms with van der Waals surface area (Å²) in [4.78, 5) is 30.3. The van der Waals surface area contributed by atoms with E-state index in [1.54, 1.807) is 12.1 Å². The minimum Gasteiger partial charge on any atom is -0.381 e.